The SMILES string of the molecule is CCNC(=NCC1CCN(S(C)(=O)=O)CC1)NC1CC(C)N(Cc2ccccc2)C1.I. The number of benzene rings is 1. The van der Waals surface area contributed by atoms with Gasteiger partial charge in [-0.2, -0.15) is 0 Å². The monoisotopic (exact) mass is 563 g/mol. The van der Waals surface area contributed by atoms with Crippen molar-refractivity contribution >= 4 is 40.0 Å². The molecule has 2 atom stereocenters. The summed E-state index contributed by atoms with van der Waals surface area (Å²) in [5.41, 5.74) is 1.35. The fourth-order valence-corrected chi connectivity index (χ4v) is 5.27. The van der Waals surface area contributed by atoms with Gasteiger partial charge in [0, 0.05) is 51.4 Å². The van der Waals surface area contributed by atoms with Gasteiger partial charge in [-0.05, 0) is 44.6 Å². The quantitative estimate of drug-likeness (QED) is 0.303. The van der Waals surface area contributed by atoms with Gasteiger partial charge in [-0.25, -0.2) is 12.7 Å². The average Bonchev–Trinajstić information content (AvgIpc) is 3.05. The minimum atomic E-state index is -3.07. The van der Waals surface area contributed by atoms with Crippen molar-refractivity contribution in [1.82, 2.24) is 19.8 Å². The van der Waals surface area contributed by atoms with Crippen LogP contribution in [-0.4, -0.2) is 74.6 Å². The van der Waals surface area contributed by atoms with Gasteiger partial charge < -0.3 is 10.6 Å². The predicted molar refractivity (Wildman–Crippen MR) is 138 cm³/mol. The first-order valence-corrected chi connectivity index (χ1v) is 13.0. The average molecular weight is 564 g/mol. The van der Waals surface area contributed by atoms with Crippen molar-refractivity contribution in [3.8, 4) is 0 Å². The van der Waals surface area contributed by atoms with E-state index in [-0.39, 0.29) is 24.0 Å². The highest BCUT2D eigenvalue weighted by molar-refractivity contribution is 14.0. The van der Waals surface area contributed by atoms with Gasteiger partial charge in [0.1, 0.15) is 0 Å². The number of piperidine rings is 1. The van der Waals surface area contributed by atoms with E-state index in [0.717, 1.165) is 51.4 Å². The van der Waals surface area contributed by atoms with Crippen molar-refractivity contribution in [3.63, 3.8) is 0 Å². The number of aliphatic imine (C=N–C) groups is 1. The van der Waals surface area contributed by atoms with Crippen molar-refractivity contribution in [2.24, 2.45) is 10.9 Å². The Kier molecular flexibility index (Phi) is 10.5. The molecule has 1 aromatic rings. The molecule has 0 radical (unpaired) electrons. The van der Waals surface area contributed by atoms with Crippen molar-refractivity contribution in [1.29, 1.82) is 0 Å². The normalized spacial score (nSPS) is 24.0. The smallest absolute Gasteiger partial charge is 0.211 e. The summed E-state index contributed by atoms with van der Waals surface area (Å²) in [6.07, 6.45) is 4.15. The van der Waals surface area contributed by atoms with Crippen molar-refractivity contribution in [2.75, 3.05) is 39.0 Å². The van der Waals surface area contributed by atoms with Crippen molar-refractivity contribution in [3.05, 3.63) is 35.9 Å². The molecule has 2 saturated heterocycles. The first-order chi connectivity index (χ1) is 14.3. The number of hydrogen-bond donors (Lipinski definition) is 2. The Morgan fingerprint density at radius 1 is 1.19 bits per heavy atom. The van der Waals surface area contributed by atoms with E-state index in [0.29, 0.717) is 31.1 Å². The number of guanidine groups is 1. The lowest BCUT2D eigenvalue weighted by Gasteiger charge is -2.29. The lowest BCUT2D eigenvalue weighted by Crippen LogP contribution is -2.45. The molecule has 9 heteroatoms. The Morgan fingerprint density at radius 3 is 2.48 bits per heavy atom. The molecular weight excluding hydrogens is 525 g/mol. The molecule has 2 aliphatic rings. The van der Waals surface area contributed by atoms with Gasteiger partial charge in [-0.15, -0.1) is 24.0 Å². The second-order valence-electron chi connectivity index (χ2n) is 8.67. The molecule has 2 aliphatic heterocycles. The standard InChI is InChI=1S/C22H37N5O2S.HI/c1-4-23-22(24-15-19-10-12-27(13-11-19)30(3,28)29)25-21-14-18(2)26(17-21)16-20-8-6-5-7-9-20;/h5-9,18-19,21H,4,10-17H2,1-3H3,(H2,23,24,25);1H. The van der Waals surface area contributed by atoms with Gasteiger partial charge in [-0.1, -0.05) is 30.3 Å². The predicted octanol–water partition coefficient (Wildman–Crippen LogP) is 2.49. The fraction of sp³-hybridized carbons (Fsp3) is 0.682. The van der Waals surface area contributed by atoms with Gasteiger partial charge in [-0.3, -0.25) is 9.89 Å². The summed E-state index contributed by atoms with van der Waals surface area (Å²) < 4.78 is 24.9. The van der Waals surface area contributed by atoms with Crippen LogP contribution in [0.4, 0.5) is 0 Å². The lowest BCUT2D eigenvalue weighted by atomic mass is 9.98. The fourth-order valence-electron chi connectivity index (χ4n) is 4.40. The molecule has 3 rings (SSSR count). The van der Waals surface area contributed by atoms with Crippen LogP contribution < -0.4 is 10.6 Å². The van der Waals surface area contributed by atoms with Crippen molar-refractivity contribution < 1.29 is 8.42 Å². The Hall–Kier alpha value is -0.910. The molecule has 2 N–H and O–H groups in total. The molecule has 1 aromatic carbocycles. The van der Waals surface area contributed by atoms with Crippen LogP contribution in [0.2, 0.25) is 0 Å². The molecule has 0 bridgehead atoms. The molecule has 0 saturated carbocycles. The largest absolute Gasteiger partial charge is 0.357 e. The molecule has 0 aliphatic carbocycles. The number of sulfonamides is 1. The number of halogens is 1. The molecule has 2 heterocycles. The van der Waals surface area contributed by atoms with Gasteiger partial charge in [0.15, 0.2) is 5.96 Å². The van der Waals surface area contributed by atoms with E-state index in [1.54, 1.807) is 4.31 Å². The maximum Gasteiger partial charge on any atom is 0.211 e. The molecule has 2 unspecified atom stereocenters. The molecule has 7 nitrogen and oxygen atoms in total. The number of rotatable bonds is 7. The van der Waals surface area contributed by atoms with E-state index in [9.17, 15) is 8.42 Å². The van der Waals surface area contributed by atoms with Crippen LogP contribution in [0.25, 0.3) is 0 Å². The summed E-state index contributed by atoms with van der Waals surface area (Å²) in [6.45, 7) is 9.15. The lowest BCUT2D eigenvalue weighted by molar-refractivity contribution is 0.258. The second-order valence-corrected chi connectivity index (χ2v) is 10.6. The Morgan fingerprint density at radius 2 is 1.87 bits per heavy atom. The highest BCUT2D eigenvalue weighted by Gasteiger charge is 2.30. The van der Waals surface area contributed by atoms with Gasteiger partial charge >= 0.3 is 0 Å². The van der Waals surface area contributed by atoms with Gasteiger partial charge in [0.25, 0.3) is 0 Å². The zero-order chi connectivity index (χ0) is 21.6. The Bertz CT molecular complexity index is 797. The Labute approximate surface area is 205 Å². The van der Waals surface area contributed by atoms with Crippen LogP contribution >= 0.6 is 24.0 Å². The van der Waals surface area contributed by atoms with E-state index in [2.05, 4.69) is 59.7 Å². The van der Waals surface area contributed by atoms with Crippen LogP contribution in [0.15, 0.2) is 35.3 Å². The van der Waals surface area contributed by atoms with E-state index < -0.39 is 10.0 Å². The highest BCUT2D eigenvalue weighted by atomic mass is 127. The number of hydrogen-bond acceptors (Lipinski definition) is 4. The highest BCUT2D eigenvalue weighted by Crippen LogP contribution is 2.21. The molecule has 176 valence electrons. The molecule has 0 aromatic heterocycles. The zero-order valence-corrected chi connectivity index (χ0v) is 22.1. The summed E-state index contributed by atoms with van der Waals surface area (Å²) in [5, 5.41) is 7.00. The van der Waals surface area contributed by atoms with Crippen LogP contribution in [0, 0.1) is 5.92 Å². The first-order valence-electron chi connectivity index (χ1n) is 11.1. The molecule has 31 heavy (non-hydrogen) atoms. The minimum absolute atomic E-state index is 0. The third-order valence-corrected chi connectivity index (χ3v) is 7.47. The number of nitrogens with one attached hydrogen (secondary N) is 2. The summed E-state index contributed by atoms with van der Waals surface area (Å²) in [7, 11) is -3.07. The summed E-state index contributed by atoms with van der Waals surface area (Å²) in [4.78, 5) is 7.36. The van der Waals surface area contributed by atoms with Crippen LogP contribution in [0.5, 0.6) is 0 Å². The third-order valence-electron chi connectivity index (χ3n) is 6.17. The minimum Gasteiger partial charge on any atom is -0.357 e. The van der Waals surface area contributed by atoms with E-state index in [1.165, 1.54) is 11.8 Å². The molecule has 2 fully saturated rings. The maximum atomic E-state index is 11.7. The van der Waals surface area contributed by atoms with Gasteiger partial charge in [0.2, 0.25) is 10.0 Å². The first kappa shape index (κ1) is 26.3. The van der Waals surface area contributed by atoms with Crippen LogP contribution in [-0.2, 0) is 16.6 Å². The molecule has 0 spiro atoms. The third kappa shape index (κ3) is 8.18. The maximum absolute atomic E-state index is 11.7. The zero-order valence-electron chi connectivity index (χ0n) is 19.0. The van der Waals surface area contributed by atoms with Crippen LogP contribution in [0.3, 0.4) is 0 Å². The Balaban J connectivity index is 0.00000341. The van der Waals surface area contributed by atoms with E-state index in [4.69, 9.17) is 4.99 Å². The van der Waals surface area contributed by atoms with Gasteiger partial charge in [0.05, 0.1) is 6.26 Å². The van der Waals surface area contributed by atoms with E-state index in [1.807, 2.05) is 0 Å². The number of likely N-dealkylation sites (tertiary alicyclic amines) is 1. The summed E-state index contributed by atoms with van der Waals surface area (Å²) in [6, 6.07) is 11.6. The van der Waals surface area contributed by atoms with Crippen molar-refractivity contribution in [2.45, 2.75) is 51.7 Å². The summed E-state index contributed by atoms with van der Waals surface area (Å²) >= 11 is 0. The molecular formula is C22H38IN5O2S. The molecule has 0 amide bonds. The topological polar surface area (TPSA) is 77.0 Å². The van der Waals surface area contributed by atoms with E-state index >= 15 is 0 Å². The summed E-state index contributed by atoms with van der Waals surface area (Å²) in [5.74, 6) is 1.32. The van der Waals surface area contributed by atoms with Crippen LogP contribution in [0.1, 0.15) is 38.7 Å². The number of nitrogens with zero attached hydrogens (tertiary/aromatic N) is 3. The second kappa shape index (κ2) is 12.4.